The number of carbonyl (C=O) groups is 2. The first-order valence-electron chi connectivity index (χ1n) is 9.61. The quantitative estimate of drug-likeness (QED) is 0.734. The topological polar surface area (TPSA) is 73.5 Å². The van der Waals surface area contributed by atoms with Gasteiger partial charge in [-0.3, -0.25) is 4.79 Å². The summed E-state index contributed by atoms with van der Waals surface area (Å²) in [6.07, 6.45) is 3.43. The molecule has 0 unspecified atom stereocenters. The van der Waals surface area contributed by atoms with E-state index in [4.69, 9.17) is 0 Å². The lowest BCUT2D eigenvalue weighted by molar-refractivity contribution is 0.0607. The maximum absolute atomic E-state index is 12.7. The smallest absolute Gasteiger partial charge is 0.315 e. The third-order valence-electron chi connectivity index (χ3n) is 5.52. The first-order valence-corrected chi connectivity index (χ1v) is 9.61. The average Bonchev–Trinajstić information content (AvgIpc) is 3.08. The second-order valence-corrected chi connectivity index (χ2v) is 7.90. The van der Waals surface area contributed by atoms with E-state index in [9.17, 15) is 9.59 Å². The minimum Gasteiger partial charge on any atom is -0.339 e. The highest BCUT2D eigenvalue weighted by atomic mass is 35.5. The Bertz CT molecular complexity index is 632. The minimum atomic E-state index is -0.177. The van der Waals surface area contributed by atoms with Crippen molar-refractivity contribution in [2.24, 2.45) is 5.41 Å². The van der Waals surface area contributed by atoms with Gasteiger partial charge in [0.15, 0.2) is 0 Å². The minimum absolute atomic E-state index is 0. The molecule has 1 aromatic rings. The molecule has 0 radical (unpaired) electrons. The van der Waals surface area contributed by atoms with Crippen LogP contribution in [-0.4, -0.2) is 49.1 Å². The fourth-order valence-electron chi connectivity index (χ4n) is 3.85. The fraction of sp³-hybridized carbons (Fsp3) is 0.600. The number of hydrogen-bond donors (Lipinski definition) is 3. The number of carbonyl (C=O) groups excluding carboxylic acids is 2. The Morgan fingerprint density at radius 2 is 1.81 bits per heavy atom. The summed E-state index contributed by atoms with van der Waals surface area (Å²) < 4.78 is 0. The van der Waals surface area contributed by atoms with Gasteiger partial charge in [-0.1, -0.05) is 12.1 Å². The molecular formula is C20H31ClN4O2. The van der Waals surface area contributed by atoms with Crippen LogP contribution >= 0.6 is 12.4 Å². The summed E-state index contributed by atoms with van der Waals surface area (Å²) in [6, 6.07) is 7.48. The first-order chi connectivity index (χ1) is 12.5. The number of benzene rings is 1. The van der Waals surface area contributed by atoms with Crippen molar-refractivity contribution in [2.45, 2.75) is 45.7 Å². The lowest BCUT2D eigenvalue weighted by Crippen LogP contribution is -2.44. The van der Waals surface area contributed by atoms with Gasteiger partial charge in [-0.15, -0.1) is 12.4 Å². The Hall–Kier alpha value is -1.79. The van der Waals surface area contributed by atoms with Crippen LogP contribution in [0.1, 0.15) is 49.0 Å². The van der Waals surface area contributed by atoms with Crippen LogP contribution in [0, 0.1) is 5.41 Å². The van der Waals surface area contributed by atoms with E-state index in [1.807, 2.05) is 43.0 Å². The molecule has 3 rings (SSSR count). The molecule has 1 aromatic carbocycles. The third-order valence-corrected chi connectivity index (χ3v) is 5.52. The highest BCUT2D eigenvalue weighted by Gasteiger charge is 2.38. The molecule has 2 aliphatic heterocycles. The summed E-state index contributed by atoms with van der Waals surface area (Å²) in [5.41, 5.74) is 2.12. The number of halogens is 1. The molecule has 2 saturated heterocycles. The Morgan fingerprint density at radius 3 is 2.37 bits per heavy atom. The zero-order chi connectivity index (χ0) is 18.6. The van der Waals surface area contributed by atoms with Gasteiger partial charge in [0.05, 0.1) is 0 Å². The van der Waals surface area contributed by atoms with Gasteiger partial charge in [0.2, 0.25) is 0 Å². The molecule has 27 heavy (non-hydrogen) atoms. The molecule has 3 amide bonds. The Balaban J connectivity index is 0.00000261. The van der Waals surface area contributed by atoms with Crippen LogP contribution in [0.2, 0.25) is 0 Å². The molecule has 3 N–H and O–H groups in total. The van der Waals surface area contributed by atoms with E-state index in [2.05, 4.69) is 16.0 Å². The summed E-state index contributed by atoms with van der Waals surface area (Å²) >= 11 is 0. The van der Waals surface area contributed by atoms with Crippen molar-refractivity contribution >= 4 is 24.3 Å². The van der Waals surface area contributed by atoms with E-state index in [1.165, 1.54) is 6.42 Å². The van der Waals surface area contributed by atoms with Crippen LogP contribution in [0.4, 0.5) is 4.79 Å². The van der Waals surface area contributed by atoms with Gasteiger partial charge in [-0.05, 0) is 62.8 Å². The maximum atomic E-state index is 12.7. The van der Waals surface area contributed by atoms with Crippen LogP contribution in [0.25, 0.3) is 0 Å². The first kappa shape index (κ1) is 21.5. The molecular weight excluding hydrogens is 364 g/mol. The van der Waals surface area contributed by atoms with Crippen LogP contribution in [0.5, 0.6) is 0 Å². The van der Waals surface area contributed by atoms with Gasteiger partial charge in [-0.2, -0.15) is 0 Å². The molecule has 0 aromatic heterocycles. The summed E-state index contributed by atoms with van der Waals surface area (Å²) in [5, 5.41) is 9.07. The molecule has 0 bridgehead atoms. The zero-order valence-electron chi connectivity index (χ0n) is 16.2. The number of piperidine rings is 1. The Morgan fingerprint density at radius 1 is 1.15 bits per heavy atom. The third kappa shape index (κ3) is 5.59. The van der Waals surface area contributed by atoms with Crippen molar-refractivity contribution in [3.63, 3.8) is 0 Å². The zero-order valence-corrected chi connectivity index (χ0v) is 17.0. The fourth-order valence-corrected chi connectivity index (χ4v) is 3.85. The summed E-state index contributed by atoms with van der Waals surface area (Å²) in [4.78, 5) is 26.3. The standard InChI is InChI=1S/C20H30N4O2.ClH/c1-15(2)23-19(26)22-13-16-3-5-17(6-4-16)18(25)24-11-8-20(9-12-24)7-10-21-14-20;/h3-6,15,21H,7-14H2,1-2H3,(H2,22,23,26);1H. The van der Waals surface area contributed by atoms with Crippen molar-refractivity contribution in [1.82, 2.24) is 20.9 Å². The Kier molecular flexibility index (Phi) is 7.50. The van der Waals surface area contributed by atoms with Crippen LogP contribution in [-0.2, 0) is 6.54 Å². The number of urea groups is 1. The molecule has 0 aliphatic carbocycles. The highest BCUT2D eigenvalue weighted by molar-refractivity contribution is 5.94. The predicted octanol–water partition coefficient (Wildman–Crippen LogP) is 2.53. The summed E-state index contributed by atoms with van der Waals surface area (Å²) in [6.45, 7) is 8.20. The Labute approximate surface area is 167 Å². The lowest BCUT2D eigenvalue weighted by Gasteiger charge is -2.38. The molecule has 0 atom stereocenters. The number of rotatable bonds is 4. The van der Waals surface area contributed by atoms with Gasteiger partial charge in [0, 0.05) is 37.8 Å². The van der Waals surface area contributed by atoms with E-state index < -0.39 is 0 Å². The number of nitrogens with one attached hydrogen (secondary N) is 3. The van der Waals surface area contributed by atoms with Gasteiger partial charge in [0.1, 0.15) is 0 Å². The van der Waals surface area contributed by atoms with E-state index in [0.29, 0.717) is 12.0 Å². The molecule has 2 heterocycles. The van der Waals surface area contributed by atoms with Crippen molar-refractivity contribution in [2.75, 3.05) is 26.2 Å². The second kappa shape index (κ2) is 9.42. The number of hydrogen-bond acceptors (Lipinski definition) is 3. The predicted molar refractivity (Wildman–Crippen MR) is 109 cm³/mol. The number of likely N-dealkylation sites (tertiary alicyclic amines) is 1. The SMILES string of the molecule is CC(C)NC(=O)NCc1ccc(C(=O)N2CCC3(CCNC3)CC2)cc1.Cl. The number of nitrogens with zero attached hydrogens (tertiary/aromatic N) is 1. The molecule has 0 saturated carbocycles. The van der Waals surface area contributed by atoms with Crippen LogP contribution < -0.4 is 16.0 Å². The van der Waals surface area contributed by atoms with Crippen molar-refractivity contribution in [3.8, 4) is 0 Å². The van der Waals surface area contributed by atoms with E-state index in [-0.39, 0.29) is 30.4 Å². The van der Waals surface area contributed by atoms with Gasteiger partial charge in [-0.25, -0.2) is 4.79 Å². The van der Waals surface area contributed by atoms with Crippen molar-refractivity contribution in [3.05, 3.63) is 35.4 Å². The van der Waals surface area contributed by atoms with E-state index in [1.54, 1.807) is 0 Å². The molecule has 2 aliphatic rings. The van der Waals surface area contributed by atoms with E-state index >= 15 is 0 Å². The van der Waals surface area contributed by atoms with Gasteiger partial charge >= 0.3 is 6.03 Å². The molecule has 150 valence electrons. The monoisotopic (exact) mass is 394 g/mol. The summed E-state index contributed by atoms with van der Waals surface area (Å²) in [7, 11) is 0. The van der Waals surface area contributed by atoms with Gasteiger partial charge in [0.25, 0.3) is 5.91 Å². The molecule has 1 spiro atoms. The van der Waals surface area contributed by atoms with Gasteiger partial charge < -0.3 is 20.9 Å². The van der Waals surface area contributed by atoms with Crippen molar-refractivity contribution in [1.29, 1.82) is 0 Å². The van der Waals surface area contributed by atoms with Crippen molar-refractivity contribution < 1.29 is 9.59 Å². The summed E-state index contributed by atoms with van der Waals surface area (Å²) in [5.74, 6) is 0.114. The van der Waals surface area contributed by atoms with E-state index in [0.717, 1.165) is 50.1 Å². The largest absolute Gasteiger partial charge is 0.339 e. The van der Waals surface area contributed by atoms with Crippen LogP contribution in [0.3, 0.4) is 0 Å². The normalized spacial score (nSPS) is 18.3. The molecule has 7 heteroatoms. The maximum Gasteiger partial charge on any atom is 0.315 e. The number of amides is 3. The molecule has 6 nitrogen and oxygen atoms in total. The highest BCUT2D eigenvalue weighted by Crippen LogP contribution is 2.37. The molecule has 2 fully saturated rings. The second-order valence-electron chi connectivity index (χ2n) is 7.90. The average molecular weight is 395 g/mol. The lowest BCUT2D eigenvalue weighted by atomic mass is 9.78. The van der Waals surface area contributed by atoms with Crippen LogP contribution in [0.15, 0.2) is 24.3 Å².